The van der Waals surface area contributed by atoms with Gasteiger partial charge in [-0.15, -0.1) is 0 Å². The monoisotopic (exact) mass is 310 g/mol. The molecule has 1 aromatic carbocycles. The van der Waals surface area contributed by atoms with Crippen molar-refractivity contribution in [2.75, 3.05) is 0 Å². The van der Waals surface area contributed by atoms with E-state index < -0.39 is 38.0 Å². The van der Waals surface area contributed by atoms with E-state index in [4.69, 9.17) is 6.85 Å². The van der Waals surface area contributed by atoms with Crippen molar-refractivity contribution >= 4 is 8.07 Å². The zero-order valence-corrected chi connectivity index (χ0v) is 13.2. The van der Waals surface area contributed by atoms with E-state index in [-0.39, 0.29) is 5.69 Å². The molecule has 0 saturated heterocycles. The van der Waals surface area contributed by atoms with Gasteiger partial charge in [0.25, 0.3) is 0 Å². The van der Waals surface area contributed by atoms with E-state index in [0.717, 1.165) is 12.3 Å². The summed E-state index contributed by atoms with van der Waals surface area (Å²) < 4.78 is 69.2. The molecule has 4 heteroatoms. The standard InChI is InChI=1S/C17H21F2NSi/c1-13-12-20-16(14-8-6-5-7-9-14)10-15(13)11-17(18,19)21(2,3)4/h5-10,12H,11H2,1-4H3/i1D3,11D2. The minimum Gasteiger partial charge on any atom is -0.256 e. The van der Waals surface area contributed by atoms with E-state index >= 15 is 0 Å². The van der Waals surface area contributed by atoms with Crippen molar-refractivity contribution < 1.29 is 15.6 Å². The third-order valence-corrected chi connectivity index (χ3v) is 5.22. The van der Waals surface area contributed by atoms with Crippen molar-refractivity contribution in [1.82, 2.24) is 4.98 Å². The number of aryl methyl sites for hydroxylation is 1. The Kier molecular flexibility index (Phi) is 2.76. The average Bonchev–Trinajstić information content (AvgIpc) is 2.53. The summed E-state index contributed by atoms with van der Waals surface area (Å²) in [6.45, 7) is 1.33. The Morgan fingerprint density at radius 2 is 1.90 bits per heavy atom. The van der Waals surface area contributed by atoms with E-state index in [1.165, 1.54) is 19.6 Å². The van der Waals surface area contributed by atoms with E-state index in [0.29, 0.717) is 5.56 Å². The molecule has 2 aromatic rings. The zero-order chi connectivity index (χ0) is 20.0. The van der Waals surface area contributed by atoms with Crippen LogP contribution in [0.4, 0.5) is 8.78 Å². The largest absolute Gasteiger partial charge is 0.256 e. The predicted molar refractivity (Wildman–Crippen MR) is 86.4 cm³/mol. The van der Waals surface area contributed by atoms with Crippen LogP contribution in [-0.2, 0) is 6.37 Å². The van der Waals surface area contributed by atoms with Gasteiger partial charge >= 0.3 is 0 Å². The summed E-state index contributed by atoms with van der Waals surface area (Å²) in [5.74, 6) is 0. The molecule has 0 atom stereocenters. The third-order valence-electron chi connectivity index (χ3n) is 3.21. The molecule has 1 aromatic heterocycles. The minimum atomic E-state index is -3.67. The van der Waals surface area contributed by atoms with Crippen molar-refractivity contribution in [2.45, 2.75) is 38.4 Å². The first-order valence-electron chi connectivity index (χ1n) is 9.14. The lowest BCUT2D eigenvalue weighted by atomic mass is 10.0. The van der Waals surface area contributed by atoms with Crippen LogP contribution in [0, 0.1) is 6.85 Å². The Balaban J connectivity index is 2.75. The fourth-order valence-corrected chi connectivity index (χ4v) is 2.19. The van der Waals surface area contributed by atoms with Crippen LogP contribution >= 0.6 is 0 Å². The maximum atomic E-state index is 15.0. The highest BCUT2D eigenvalue weighted by Crippen LogP contribution is 2.32. The van der Waals surface area contributed by atoms with Crippen LogP contribution in [0.3, 0.4) is 0 Å². The maximum absolute atomic E-state index is 15.0. The molecule has 0 bridgehead atoms. The SMILES string of the molecule is [2H]C([2H])([2H])c1cnc(-c2ccccc2)cc1C([2H])([2H])C(F)(F)[Si](C)(C)C. The van der Waals surface area contributed by atoms with Crippen molar-refractivity contribution in [2.24, 2.45) is 0 Å². The third kappa shape index (κ3) is 3.56. The summed E-state index contributed by atoms with van der Waals surface area (Å²) in [4.78, 5) is 4.07. The number of rotatable bonds is 4. The molecule has 0 unspecified atom stereocenters. The number of hydrogen-bond acceptors (Lipinski definition) is 1. The summed E-state index contributed by atoms with van der Waals surface area (Å²) >= 11 is 0. The van der Waals surface area contributed by atoms with Crippen LogP contribution < -0.4 is 0 Å². The Hall–Kier alpha value is -1.55. The van der Waals surface area contributed by atoms with Gasteiger partial charge in [-0.3, -0.25) is 4.98 Å². The summed E-state index contributed by atoms with van der Waals surface area (Å²) in [7, 11) is -3.29. The molecule has 0 saturated carbocycles. The van der Waals surface area contributed by atoms with E-state index in [9.17, 15) is 8.78 Å². The van der Waals surface area contributed by atoms with Gasteiger partial charge in [-0.2, -0.15) is 0 Å². The van der Waals surface area contributed by atoms with Crippen LogP contribution in [0.1, 0.15) is 18.0 Å². The lowest BCUT2D eigenvalue weighted by Gasteiger charge is -2.29. The molecule has 0 aliphatic heterocycles. The van der Waals surface area contributed by atoms with Crippen molar-refractivity contribution in [3.63, 3.8) is 0 Å². The number of halogens is 2. The van der Waals surface area contributed by atoms with Crippen LogP contribution in [0.2, 0.25) is 19.6 Å². The topological polar surface area (TPSA) is 12.9 Å². The highest BCUT2D eigenvalue weighted by molar-refractivity contribution is 6.78. The van der Waals surface area contributed by atoms with Crippen molar-refractivity contribution in [3.8, 4) is 11.3 Å². The molecular weight excluding hydrogens is 284 g/mol. The van der Waals surface area contributed by atoms with Crippen LogP contribution in [0.25, 0.3) is 11.3 Å². The lowest BCUT2D eigenvalue weighted by Crippen LogP contribution is -2.46. The Morgan fingerprint density at radius 3 is 2.48 bits per heavy atom. The van der Waals surface area contributed by atoms with Crippen LogP contribution in [-0.4, -0.2) is 18.6 Å². The molecule has 2 rings (SSSR count). The smallest absolute Gasteiger partial charge is 0.233 e. The first-order valence-corrected chi connectivity index (χ1v) is 10.1. The van der Waals surface area contributed by atoms with E-state index in [2.05, 4.69) is 4.98 Å². The lowest BCUT2D eigenvalue weighted by molar-refractivity contribution is 0.0818. The molecule has 21 heavy (non-hydrogen) atoms. The molecular formula is C17H21F2NSi. The molecule has 0 amide bonds. The predicted octanol–water partition coefficient (Wildman–Crippen LogP) is 5.11. The number of aromatic nitrogens is 1. The number of nitrogens with zero attached hydrogens (tertiary/aromatic N) is 1. The quantitative estimate of drug-likeness (QED) is 0.715. The molecule has 0 radical (unpaired) electrons. The van der Waals surface area contributed by atoms with Gasteiger partial charge < -0.3 is 0 Å². The fraction of sp³-hybridized carbons (Fsp3) is 0.353. The second kappa shape index (κ2) is 5.68. The Morgan fingerprint density at radius 1 is 1.24 bits per heavy atom. The highest BCUT2D eigenvalue weighted by Gasteiger charge is 2.44. The van der Waals surface area contributed by atoms with Crippen molar-refractivity contribution in [3.05, 3.63) is 53.7 Å². The van der Waals surface area contributed by atoms with E-state index in [1.807, 2.05) is 0 Å². The number of benzene rings is 1. The van der Waals surface area contributed by atoms with Gasteiger partial charge in [0.1, 0.15) is 8.07 Å². The second-order valence-corrected chi connectivity index (χ2v) is 11.1. The molecule has 112 valence electrons. The molecule has 0 aliphatic rings. The number of hydrogen-bond donors (Lipinski definition) is 0. The van der Waals surface area contributed by atoms with Crippen molar-refractivity contribution in [1.29, 1.82) is 0 Å². The maximum Gasteiger partial charge on any atom is 0.233 e. The fourth-order valence-electron chi connectivity index (χ4n) is 1.68. The van der Waals surface area contributed by atoms with Gasteiger partial charge in [0.15, 0.2) is 0 Å². The van der Waals surface area contributed by atoms with Gasteiger partial charge in [0.2, 0.25) is 5.55 Å². The van der Waals surface area contributed by atoms with Gasteiger partial charge in [0.05, 0.1) is 5.69 Å². The first-order chi connectivity index (χ1) is 11.7. The van der Waals surface area contributed by atoms with Gasteiger partial charge in [-0.1, -0.05) is 50.0 Å². The van der Waals surface area contributed by atoms with Crippen LogP contribution in [0.5, 0.6) is 0 Å². The molecule has 0 aliphatic carbocycles. The summed E-state index contributed by atoms with van der Waals surface area (Å²) in [5.41, 5.74) is -3.84. The van der Waals surface area contributed by atoms with Gasteiger partial charge in [-0.05, 0) is 24.0 Å². The summed E-state index contributed by atoms with van der Waals surface area (Å²) in [6.07, 6.45) is -2.14. The van der Waals surface area contributed by atoms with Gasteiger partial charge in [-0.25, -0.2) is 8.78 Å². The molecule has 0 spiro atoms. The molecule has 1 nitrogen and oxygen atoms in total. The molecule has 0 fully saturated rings. The normalized spacial score (nSPS) is 17.3. The zero-order valence-electron chi connectivity index (χ0n) is 17.2. The number of pyridine rings is 1. The first kappa shape index (κ1) is 10.2. The second-order valence-electron chi connectivity index (χ2n) is 5.93. The molecule has 0 N–H and O–H groups in total. The van der Waals surface area contributed by atoms with Gasteiger partial charge in [0, 0.05) is 25.0 Å². The number of alkyl halides is 2. The summed E-state index contributed by atoms with van der Waals surface area (Å²) in [5, 5.41) is 0. The Bertz CT molecular complexity index is 786. The van der Waals surface area contributed by atoms with Crippen LogP contribution in [0.15, 0.2) is 42.6 Å². The highest BCUT2D eigenvalue weighted by atomic mass is 28.3. The summed E-state index contributed by atoms with van der Waals surface area (Å²) in [6, 6.07) is 9.80. The Labute approximate surface area is 133 Å². The average molecular weight is 310 g/mol. The van der Waals surface area contributed by atoms with E-state index in [1.54, 1.807) is 30.3 Å². The minimum absolute atomic E-state index is 0.254. The molecule has 1 heterocycles.